The first-order valence-electron chi connectivity index (χ1n) is 9.94. The van der Waals surface area contributed by atoms with Crippen LogP contribution in [0, 0.1) is 0 Å². The first kappa shape index (κ1) is 21.9. The van der Waals surface area contributed by atoms with Crippen molar-refractivity contribution >= 4 is 14.3 Å². The second-order valence-corrected chi connectivity index (χ2v) is 14.6. The zero-order chi connectivity index (χ0) is 21.0. The topological polar surface area (TPSA) is 72.5 Å². The molecule has 3 aliphatic rings. The highest BCUT2D eigenvalue weighted by Crippen LogP contribution is 2.48. The van der Waals surface area contributed by atoms with Crippen molar-refractivity contribution in [2.75, 3.05) is 6.61 Å². The molecule has 0 N–H and O–H groups in total. The minimum atomic E-state index is -1.99. The van der Waals surface area contributed by atoms with E-state index in [0.29, 0.717) is 13.0 Å². The summed E-state index contributed by atoms with van der Waals surface area (Å²) < 4.78 is 36.3. The predicted octanol–water partition coefficient (Wildman–Crippen LogP) is 3.49. The summed E-state index contributed by atoms with van der Waals surface area (Å²) in [7, 11) is -1.99. The summed E-state index contributed by atoms with van der Waals surface area (Å²) in [6.07, 6.45) is 2.25. The Hall–Kier alpha value is -0.773. The first-order chi connectivity index (χ1) is 12.8. The van der Waals surface area contributed by atoms with E-state index in [-0.39, 0.29) is 11.0 Å². The number of hydrogen-bond donors (Lipinski definition) is 0. The summed E-state index contributed by atoms with van der Waals surface area (Å²) in [6.45, 7) is 16.4. The van der Waals surface area contributed by atoms with Crippen LogP contribution in [0.25, 0.3) is 0 Å². The van der Waals surface area contributed by atoms with Crippen molar-refractivity contribution in [2.45, 2.75) is 102 Å². The van der Waals surface area contributed by atoms with Crippen LogP contribution in [0.1, 0.15) is 48.0 Å². The number of rotatable bonds is 4. The Kier molecular flexibility index (Phi) is 5.62. The van der Waals surface area contributed by atoms with E-state index in [1.165, 1.54) is 6.92 Å². The Balaban J connectivity index is 1.84. The van der Waals surface area contributed by atoms with Crippen molar-refractivity contribution in [2.24, 2.45) is 0 Å². The molecule has 160 valence electrons. The van der Waals surface area contributed by atoms with Gasteiger partial charge in [-0.15, -0.1) is 0 Å². The molecule has 3 rings (SSSR count). The van der Waals surface area contributed by atoms with Gasteiger partial charge in [0.1, 0.15) is 17.8 Å². The van der Waals surface area contributed by atoms with Crippen LogP contribution in [0.15, 0.2) is 12.2 Å². The molecule has 0 unspecified atom stereocenters. The number of carbonyl (C=O) groups is 1. The molecule has 7 nitrogen and oxygen atoms in total. The lowest BCUT2D eigenvalue weighted by molar-refractivity contribution is -0.263. The van der Waals surface area contributed by atoms with Gasteiger partial charge >= 0.3 is 5.97 Å². The van der Waals surface area contributed by atoms with E-state index in [1.54, 1.807) is 0 Å². The number of fused-ring (bicyclic) bond motifs is 2. The standard InChI is InChI=1S/C20H34O7Si/c1-13(21)23-15-10-9-11-20(25-15)14(12-22-28(7,8)18(2,3)4)24-17-16(20)26-19(5,6)27-17/h9,11,14-17H,10,12H2,1-8H3/t14-,15+,16+,17-,20-/m1/s1. The summed E-state index contributed by atoms with van der Waals surface area (Å²) in [5.74, 6) is -1.16. The molecule has 0 radical (unpaired) electrons. The average molecular weight is 415 g/mol. The first-order valence-corrected chi connectivity index (χ1v) is 12.8. The lowest BCUT2D eigenvalue weighted by Crippen LogP contribution is -2.56. The van der Waals surface area contributed by atoms with Crippen molar-refractivity contribution in [3.63, 3.8) is 0 Å². The van der Waals surface area contributed by atoms with Gasteiger partial charge in [0, 0.05) is 13.3 Å². The van der Waals surface area contributed by atoms with Gasteiger partial charge in [-0.3, -0.25) is 4.79 Å². The molecule has 3 heterocycles. The summed E-state index contributed by atoms with van der Waals surface area (Å²) in [4.78, 5) is 11.5. The zero-order valence-corrected chi connectivity index (χ0v) is 19.2. The van der Waals surface area contributed by atoms with Crippen LogP contribution >= 0.6 is 0 Å². The molecule has 0 bridgehead atoms. The fourth-order valence-electron chi connectivity index (χ4n) is 3.54. The molecule has 2 saturated heterocycles. The molecule has 0 aromatic rings. The van der Waals surface area contributed by atoms with Crippen molar-refractivity contribution in [3.8, 4) is 0 Å². The molecular formula is C20H34O7Si. The predicted molar refractivity (Wildman–Crippen MR) is 105 cm³/mol. The van der Waals surface area contributed by atoms with E-state index >= 15 is 0 Å². The van der Waals surface area contributed by atoms with Crippen LogP contribution in [0.5, 0.6) is 0 Å². The van der Waals surface area contributed by atoms with E-state index in [2.05, 4.69) is 33.9 Å². The smallest absolute Gasteiger partial charge is 0.304 e. The molecule has 0 aromatic heterocycles. The second-order valence-electron chi connectivity index (χ2n) is 9.77. The fourth-order valence-corrected chi connectivity index (χ4v) is 4.54. The van der Waals surface area contributed by atoms with Crippen molar-refractivity contribution < 1.29 is 32.9 Å². The number of esters is 1. The Morgan fingerprint density at radius 2 is 1.89 bits per heavy atom. The number of hydrogen-bond acceptors (Lipinski definition) is 7. The maximum absolute atomic E-state index is 11.5. The molecular weight excluding hydrogens is 380 g/mol. The van der Waals surface area contributed by atoms with Crippen LogP contribution in [0.2, 0.25) is 18.1 Å². The second kappa shape index (κ2) is 7.18. The molecule has 5 atom stereocenters. The summed E-state index contributed by atoms with van der Waals surface area (Å²) in [6, 6.07) is 0. The van der Waals surface area contributed by atoms with Gasteiger partial charge in [0.15, 0.2) is 20.4 Å². The van der Waals surface area contributed by atoms with Gasteiger partial charge < -0.3 is 28.1 Å². The lowest BCUT2D eigenvalue weighted by atomic mass is 9.89. The van der Waals surface area contributed by atoms with E-state index in [0.717, 1.165) is 0 Å². The minimum Gasteiger partial charge on any atom is -0.436 e. The van der Waals surface area contributed by atoms with Gasteiger partial charge in [0.05, 0.1) is 6.61 Å². The van der Waals surface area contributed by atoms with Crippen LogP contribution in [-0.4, -0.2) is 57.1 Å². The van der Waals surface area contributed by atoms with Gasteiger partial charge in [-0.25, -0.2) is 0 Å². The van der Waals surface area contributed by atoms with Crippen LogP contribution in [-0.2, 0) is 32.9 Å². The molecule has 0 aromatic carbocycles. The van der Waals surface area contributed by atoms with E-state index < -0.39 is 44.5 Å². The van der Waals surface area contributed by atoms with Crippen molar-refractivity contribution in [3.05, 3.63) is 12.2 Å². The van der Waals surface area contributed by atoms with E-state index in [4.69, 9.17) is 28.1 Å². The van der Waals surface area contributed by atoms with E-state index in [9.17, 15) is 4.79 Å². The highest BCUT2D eigenvalue weighted by molar-refractivity contribution is 6.74. The monoisotopic (exact) mass is 414 g/mol. The maximum Gasteiger partial charge on any atom is 0.304 e. The number of ether oxygens (including phenoxy) is 5. The zero-order valence-electron chi connectivity index (χ0n) is 18.2. The van der Waals surface area contributed by atoms with Crippen LogP contribution in [0.4, 0.5) is 0 Å². The van der Waals surface area contributed by atoms with Gasteiger partial charge in [-0.1, -0.05) is 32.9 Å². The third-order valence-corrected chi connectivity index (χ3v) is 10.5. The molecule has 3 aliphatic heterocycles. The van der Waals surface area contributed by atoms with E-state index in [1.807, 2.05) is 26.0 Å². The van der Waals surface area contributed by atoms with Gasteiger partial charge in [0.2, 0.25) is 6.29 Å². The Labute approximate surface area is 168 Å². The molecule has 1 spiro atoms. The molecule has 0 amide bonds. The Bertz CT molecular complexity index is 639. The highest BCUT2D eigenvalue weighted by Gasteiger charge is 2.65. The number of carbonyl (C=O) groups excluding carboxylic acids is 1. The fraction of sp³-hybridized carbons (Fsp3) is 0.850. The minimum absolute atomic E-state index is 0.0766. The summed E-state index contributed by atoms with van der Waals surface area (Å²) in [5.41, 5.74) is -0.931. The van der Waals surface area contributed by atoms with Crippen molar-refractivity contribution in [1.82, 2.24) is 0 Å². The quantitative estimate of drug-likeness (QED) is 0.396. The Morgan fingerprint density at radius 3 is 2.50 bits per heavy atom. The summed E-state index contributed by atoms with van der Waals surface area (Å²) >= 11 is 0. The van der Waals surface area contributed by atoms with Crippen LogP contribution < -0.4 is 0 Å². The van der Waals surface area contributed by atoms with Crippen LogP contribution in [0.3, 0.4) is 0 Å². The molecule has 8 heteroatoms. The average Bonchev–Trinajstić information content (AvgIpc) is 2.96. The third kappa shape index (κ3) is 4.08. The van der Waals surface area contributed by atoms with Gasteiger partial charge in [-0.05, 0) is 32.0 Å². The third-order valence-electron chi connectivity index (χ3n) is 6.05. The van der Waals surface area contributed by atoms with Gasteiger partial charge in [-0.2, -0.15) is 0 Å². The molecule has 0 saturated carbocycles. The molecule has 2 fully saturated rings. The van der Waals surface area contributed by atoms with Gasteiger partial charge in [0.25, 0.3) is 0 Å². The molecule has 0 aliphatic carbocycles. The Morgan fingerprint density at radius 1 is 1.21 bits per heavy atom. The van der Waals surface area contributed by atoms with Crippen molar-refractivity contribution in [1.29, 1.82) is 0 Å². The lowest BCUT2D eigenvalue weighted by Gasteiger charge is -2.42. The summed E-state index contributed by atoms with van der Waals surface area (Å²) in [5, 5.41) is 0.0766. The largest absolute Gasteiger partial charge is 0.436 e. The maximum atomic E-state index is 11.5. The normalized spacial score (nSPS) is 37.3. The SMILES string of the molecule is CC(=O)O[C@@H]1CC=C[C@@]2(O1)[C@@H](CO[Si](C)(C)C(C)(C)C)O[C@@H]1OC(C)(C)O[C@@H]12. The highest BCUT2D eigenvalue weighted by atomic mass is 28.4. The molecule has 28 heavy (non-hydrogen) atoms.